The van der Waals surface area contributed by atoms with Gasteiger partial charge < -0.3 is 14.8 Å². The Balaban J connectivity index is 1.97. The molecule has 1 aromatic carbocycles. The van der Waals surface area contributed by atoms with Crippen LogP contribution in [0.3, 0.4) is 0 Å². The number of hydrogen-bond acceptors (Lipinski definition) is 5. The van der Waals surface area contributed by atoms with E-state index in [0.29, 0.717) is 32.1 Å². The first-order valence-electron chi connectivity index (χ1n) is 6.71. The third kappa shape index (κ3) is 5.08. The minimum Gasteiger partial charge on any atom is -0.488 e. The van der Waals surface area contributed by atoms with Crippen molar-refractivity contribution in [2.24, 2.45) is 0 Å². The van der Waals surface area contributed by atoms with Gasteiger partial charge in [0.2, 0.25) is 0 Å². The largest absolute Gasteiger partial charge is 0.488 e. The van der Waals surface area contributed by atoms with E-state index in [-0.39, 0.29) is 5.82 Å². The van der Waals surface area contributed by atoms with Crippen molar-refractivity contribution in [3.63, 3.8) is 0 Å². The smallest absolute Gasteiger partial charge is 0.124 e. The van der Waals surface area contributed by atoms with Gasteiger partial charge in [-0.2, -0.15) is 0 Å². The molecule has 0 atom stereocenters. The zero-order valence-electron chi connectivity index (χ0n) is 12.2. The van der Waals surface area contributed by atoms with Crippen LogP contribution < -0.4 is 10.1 Å². The quantitative estimate of drug-likeness (QED) is 0.761. The average Bonchev–Trinajstić information content (AvgIpc) is 2.88. The summed E-state index contributed by atoms with van der Waals surface area (Å²) in [6.07, 6.45) is 1.81. The molecule has 0 saturated carbocycles. The molecular weight excluding hydrogens is 291 g/mol. The van der Waals surface area contributed by atoms with Crippen LogP contribution in [0.25, 0.3) is 0 Å². The van der Waals surface area contributed by atoms with Gasteiger partial charge in [0.25, 0.3) is 0 Å². The van der Waals surface area contributed by atoms with Crippen molar-refractivity contribution in [1.29, 1.82) is 0 Å². The second-order valence-corrected chi connectivity index (χ2v) is 5.88. The predicted octanol–water partition coefficient (Wildman–Crippen LogP) is 2.91. The number of rotatable bonds is 8. The van der Waals surface area contributed by atoms with E-state index < -0.39 is 0 Å². The number of nitrogens with one attached hydrogen (secondary N) is 1. The van der Waals surface area contributed by atoms with Gasteiger partial charge in [0.05, 0.1) is 16.5 Å². The molecule has 1 N–H and O–H groups in total. The van der Waals surface area contributed by atoms with E-state index in [1.807, 2.05) is 6.92 Å². The summed E-state index contributed by atoms with van der Waals surface area (Å²) >= 11 is 1.60. The number of halogens is 1. The molecule has 0 aliphatic carbocycles. The average molecular weight is 310 g/mol. The number of benzene rings is 1. The van der Waals surface area contributed by atoms with E-state index in [1.54, 1.807) is 30.7 Å². The van der Waals surface area contributed by atoms with Crippen molar-refractivity contribution < 1.29 is 13.9 Å². The molecule has 1 heterocycles. The van der Waals surface area contributed by atoms with Gasteiger partial charge in [0.1, 0.15) is 18.2 Å². The number of hydrogen-bond donors (Lipinski definition) is 1. The molecule has 1 aromatic heterocycles. The zero-order chi connectivity index (χ0) is 15.1. The summed E-state index contributed by atoms with van der Waals surface area (Å²) in [4.78, 5) is 5.24. The molecule has 0 amide bonds. The topological polar surface area (TPSA) is 43.4 Å². The molecule has 0 unspecified atom stereocenters. The summed E-state index contributed by atoms with van der Waals surface area (Å²) in [6.45, 7) is 4.27. The van der Waals surface area contributed by atoms with Gasteiger partial charge in [-0.05, 0) is 25.1 Å². The predicted molar refractivity (Wildman–Crippen MR) is 81.2 cm³/mol. The fourth-order valence-electron chi connectivity index (χ4n) is 1.85. The first-order valence-corrected chi connectivity index (χ1v) is 7.53. The minimum absolute atomic E-state index is 0.264. The Kier molecular flexibility index (Phi) is 6.10. The first-order chi connectivity index (χ1) is 10.2. The molecule has 21 heavy (non-hydrogen) atoms. The van der Waals surface area contributed by atoms with Crippen LogP contribution in [-0.2, 0) is 17.9 Å². The van der Waals surface area contributed by atoms with E-state index in [2.05, 4.69) is 10.3 Å². The molecule has 0 aliphatic heterocycles. The van der Waals surface area contributed by atoms with Gasteiger partial charge in [-0.15, -0.1) is 11.3 Å². The van der Waals surface area contributed by atoms with Crippen LogP contribution in [0.4, 0.5) is 4.39 Å². The SMILES string of the molecule is COCCNCc1cc(F)ccc1OCc1cnc(C)s1. The number of thiazole rings is 1. The molecule has 6 heteroatoms. The Morgan fingerprint density at radius 2 is 2.24 bits per heavy atom. The number of aromatic nitrogens is 1. The van der Waals surface area contributed by atoms with Gasteiger partial charge in [-0.1, -0.05) is 0 Å². The molecule has 0 saturated heterocycles. The first kappa shape index (κ1) is 15.9. The van der Waals surface area contributed by atoms with Crippen LogP contribution in [0.15, 0.2) is 24.4 Å². The summed E-state index contributed by atoms with van der Waals surface area (Å²) in [5, 5.41) is 4.20. The molecule has 2 rings (SSSR count). The normalized spacial score (nSPS) is 10.8. The van der Waals surface area contributed by atoms with E-state index in [0.717, 1.165) is 15.4 Å². The maximum atomic E-state index is 13.4. The van der Waals surface area contributed by atoms with Gasteiger partial charge in [0, 0.05) is 32.0 Å². The van der Waals surface area contributed by atoms with Crippen LogP contribution in [0.2, 0.25) is 0 Å². The molecule has 0 radical (unpaired) electrons. The van der Waals surface area contributed by atoms with Crippen LogP contribution in [-0.4, -0.2) is 25.2 Å². The van der Waals surface area contributed by atoms with Crippen molar-refractivity contribution in [1.82, 2.24) is 10.3 Å². The highest BCUT2D eigenvalue weighted by molar-refractivity contribution is 7.11. The summed E-state index contributed by atoms with van der Waals surface area (Å²) in [6, 6.07) is 4.57. The Bertz CT molecular complexity index is 575. The lowest BCUT2D eigenvalue weighted by Gasteiger charge is -2.12. The summed E-state index contributed by atoms with van der Waals surface area (Å²) in [7, 11) is 1.65. The fraction of sp³-hybridized carbons (Fsp3) is 0.400. The molecule has 0 fully saturated rings. The molecule has 0 bridgehead atoms. The summed E-state index contributed by atoms with van der Waals surface area (Å²) < 4.78 is 24.1. The van der Waals surface area contributed by atoms with Crippen molar-refractivity contribution in [2.45, 2.75) is 20.1 Å². The Morgan fingerprint density at radius 1 is 1.38 bits per heavy atom. The third-order valence-corrected chi connectivity index (χ3v) is 3.75. The van der Waals surface area contributed by atoms with E-state index in [4.69, 9.17) is 9.47 Å². The van der Waals surface area contributed by atoms with E-state index in [1.165, 1.54) is 12.1 Å². The second-order valence-electron chi connectivity index (χ2n) is 4.56. The molecule has 0 aliphatic rings. The Labute approximate surface area is 127 Å². The van der Waals surface area contributed by atoms with Crippen molar-refractivity contribution in [3.05, 3.63) is 45.7 Å². The van der Waals surface area contributed by atoms with Crippen molar-refractivity contribution in [2.75, 3.05) is 20.3 Å². The minimum atomic E-state index is -0.264. The standard InChI is InChI=1S/C15H19FN2O2S/c1-11-18-9-14(21-11)10-20-15-4-3-13(16)7-12(15)8-17-5-6-19-2/h3-4,7,9,17H,5-6,8,10H2,1-2H3. The Morgan fingerprint density at radius 3 is 2.95 bits per heavy atom. The maximum Gasteiger partial charge on any atom is 0.124 e. The zero-order valence-corrected chi connectivity index (χ0v) is 13.0. The van der Waals surface area contributed by atoms with E-state index >= 15 is 0 Å². The maximum absolute atomic E-state index is 13.4. The monoisotopic (exact) mass is 310 g/mol. The highest BCUT2D eigenvalue weighted by atomic mass is 32.1. The second kappa shape index (κ2) is 8.07. The van der Waals surface area contributed by atoms with Gasteiger partial charge >= 0.3 is 0 Å². The van der Waals surface area contributed by atoms with Gasteiger partial charge in [-0.25, -0.2) is 9.37 Å². The fourth-order valence-corrected chi connectivity index (χ4v) is 2.55. The van der Waals surface area contributed by atoms with Gasteiger partial charge in [0.15, 0.2) is 0 Å². The van der Waals surface area contributed by atoms with Crippen LogP contribution in [0, 0.1) is 12.7 Å². The van der Waals surface area contributed by atoms with Crippen molar-refractivity contribution in [3.8, 4) is 5.75 Å². The van der Waals surface area contributed by atoms with Gasteiger partial charge in [-0.3, -0.25) is 0 Å². The number of nitrogens with zero attached hydrogens (tertiary/aromatic N) is 1. The molecule has 4 nitrogen and oxygen atoms in total. The highest BCUT2D eigenvalue weighted by Gasteiger charge is 2.07. The third-order valence-electron chi connectivity index (χ3n) is 2.86. The number of aryl methyl sites for hydroxylation is 1. The van der Waals surface area contributed by atoms with E-state index in [9.17, 15) is 4.39 Å². The van der Waals surface area contributed by atoms with Crippen LogP contribution in [0.5, 0.6) is 5.75 Å². The summed E-state index contributed by atoms with van der Waals surface area (Å²) in [5.74, 6) is 0.423. The number of ether oxygens (including phenoxy) is 2. The lowest BCUT2D eigenvalue weighted by molar-refractivity contribution is 0.199. The lowest BCUT2D eigenvalue weighted by atomic mass is 10.2. The molecule has 114 valence electrons. The molecule has 2 aromatic rings. The van der Waals surface area contributed by atoms with Crippen LogP contribution in [0.1, 0.15) is 15.4 Å². The van der Waals surface area contributed by atoms with Crippen molar-refractivity contribution >= 4 is 11.3 Å². The lowest BCUT2D eigenvalue weighted by Crippen LogP contribution is -2.19. The molecular formula is C15H19FN2O2S. The van der Waals surface area contributed by atoms with Crippen LogP contribution >= 0.6 is 11.3 Å². The Hall–Kier alpha value is -1.50. The number of methoxy groups -OCH3 is 1. The molecule has 0 spiro atoms. The highest BCUT2D eigenvalue weighted by Crippen LogP contribution is 2.22. The summed E-state index contributed by atoms with van der Waals surface area (Å²) in [5.41, 5.74) is 0.798.